The van der Waals surface area contributed by atoms with Crippen molar-refractivity contribution < 1.29 is 19.2 Å². The maximum Gasteiger partial charge on any atom is 0.329 e. The molecule has 0 radical (unpaired) electrons. The summed E-state index contributed by atoms with van der Waals surface area (Å²) in [5, 5.41) is 22.9. The number of rotatable bonds is 4. The first kappa shape index (κ1) is 15.5. The molecule has 1 aromatic carbocycles. The molecule has 1 saturated carbocycles. The Bertz CT molecular complexity index is 588. The fourth-order valence-corrected chi connectivity index (χ4v) is 2.76. The van der Waals surface area contributed by atoms with Crippen molar-refractivity contribution in [3.8, 4) is 0 Å². The van der Waals surface area contributed by atoms with Gasteiger partial charge in [-0.1, -0.05) is 30.9 Å². The minimum absolute atomic E-state index is 0.0734. The molecule has 0 amide bonds. The van der Waals surface area contributed by atoms with Crippen LogP contribution in [0.2, 0.25) is 5.02 Å². The molecule has 0 saturated heterocycles. The van der Waals surface area contributed by atoms with Crippen molar-refractivity contribution in [2.24, 2.45) is 0 Å². The van der Waals surface area contributed by atoms with Gasteiger partial charge in [-0.05, 0) is 18.9 Å². The van der Waals surface area contributed by atoms with E-state index in [1.165, 1.54) is 0 Å². The lowest BCUT2D eigenvalue weighted by Gasteiger charge is -2.34. The maximum absolute atomic E-state index is 13.4. The zero-order valence-electron chi connectivity index (χ0n) is 11.1. The van der Waals surface area contributed by atoms with Crippen LogP contribution in [0.3, 0.4) is 0 Å². The standard InChI is InChI=1S/C13H14ClFN2O4/c14-8-6-10(11(17(20)21)7-9(8)15)16-13(12(18)19)4-2-1-3-5-13/h6-7,16H,1-5H2,(H,18,19). The Labute approximate surface area is 125 Å². The molecule has 21 heavy (non-hydrogen) atoms. The van der Waals surface area contributed by atoms with Gasteiger partial charge in [0.15, 0.2) is 0 Å². The number of carbonyl (C=O) groups is 1. The topological polar surface area (TPSA) is 92.5 Å². The van der Waals surface area contributed by atoms with Crippen LogP contribution in [0.1, 0.15) is 32.1 Å². The van der Waals surface area contributed by atoms with Gasteiger partial charge in [-0.25, -0.2) is 9.18 Å². The molecule has 0 spiro atoms. The maximum atomic E-state index is 13.4. The number of aliphatic carboxylic acids is 1. The van der Waals surface area contributed by atoms with Crippen LogP contribution in [-0.2, 0) is 4.79 Å². The molecule has 0 aromatic heterocycles. The molecule has 0 heterocycles. The highest BCUT2D eigenvalue weighted by molar-refractivity contribution is 6.31. The van der Waals surface area contributed by atoms with Gasteiger partial charge in [0.2, 0.25) is 0 Å². The van der Waals surface area contributed by atoms with Crippen molar-refractivity contribution in [3.63, 3.8) is 0 Å². The van der Waals surface area contributed by atoms with Gasteiger partial charge < -0.3 is 10.4 Å². The summed E-state index contributed by atoms with van der Waals surface area (Å²) in [4.78, 5) is 21.8. The first-order valence-electron chi connectivity index (χ1n) is 6.51. The fourth-order valence-electron chi connectivity index (χ4n) is 2.59. The Balaban J connectivity index is 2.43. The molecule has 1 fully saturated rings. The Kier molecular flexibility index (Phi) is 4.32. The summed E-state index contributed by atoms with van der Waals surface area (Å²) in [5.41, 5.74) is -1.87. The van der Waals surface area contributed by atoms with Gasteiger partial charge in [0.05, 0.1) is 16.0 Å². The monoisotopic (exact) mass is 316 g/mol. The Hall–Kier alpha value is -1.89. The first-order valence-corrected chi connectivity index (χ1v) is 6.88. The van der Waals surface area contributed by atoms with Gasteiger partial charge >= 0.3 is 5.97 Å². The molecule has 2 rings (SSSR count). The highest BCUT2D eigenvalue weighted by Crippen LogP contribution is 2.37. The number of nitro benzene ring substituents is 1. The van der Waals surface area contributed by atoms with Crippen molar-refractivity contribution in [2.75, 3.05) is 5.32 Å². The summed E-state index contributed by atoms with van der Waals surface area (Å²) in [7, 11) is 0. The summed E-state index contributed by atoms with van der Waals surface area (Å²) in [6, 6.07) is 1.76. The van der Waals surface area contributed by atoms with Crippen molar-refractivity contribution >= 4 is 28.9 Å². The van der Waals surface area contributed by atoms with E-state index >= 15 is 0 Å². The van der Waals surface area contributed by atoms with Gasteiger partial charge in [0.1, 0.15) is 17.0 Å². The molecular formula is C13H14ClFN2O4. The summed E-state index contributed by atoms with van der Waals surface area (Å²) in [6.45, 7) is 0. The van der Waals surface area contributed by atoms with Crippen molar-refractivity contribution in [1.82, 2.24) is 0 Å². The lowest BCUT2D eigenvalue weighted by molar-refractivity contribution is -0.384. The number of carboxylic acid groups (broad SMARTS) is 1. The van der Waals surface area contributed by atoms with Gasteiger partial charge in [0.25, 0.3) is 5.69 Å². The average Bonchev–Trinajstić information content (AvgIpc) is 2.43. The molecule has 1 aliphatic carbocycles. The molecule has 8 heteroatoms. The number of nitro groups is 1. The normalized spacial score (nSPS) is 17.2. The van der Waals surface area contributed by atoms with Gasteiger partial charge in [-0.3, -0.25) is 10.1 Å². The van der Waals surface area contributed by atoms with Crippen LogP contribution in [0.4, 0.5) is 15.8 Å². The number of benzene rings is 1. The number of anilines is 1. The third-order valence-electron chi connectivity index (χ3n) is 3.73. The zero-order chi connectivity index (χ0) is 15.6. The van der Waals surface area contributed by atoms with Gasteiger partial charge in [-0.15, -0.1) is 0 Å². The molecule has 0 atom stereocenters. The van der Waals surface area contributed by atoms with Gasteiger partial charge in [0, 0.05) is 0 Å². The van der Waals surface area contributed by atoms with E-state index in [1.807, 2.05) is 0 Å². The number of carboxylic acids is 1. The van der Waals surface area contributed by atoms with E-state index < -0.39 is 27.9 Å². The molecule has 2 N–H and O–H groups in total. The Morgan fingerprint density at radius 1 is 1.38 bits per heavy atom. The molecule has 0 bridgehead atoms. The number of halogens is 2. The summed E-state index contributed by atoms with van der Waals surface area (Å²) in [6.07, 6.45) is 3.05. The minimum Gasteiger partial charge on any atom is -0.480 e. The summed E-state index contributed by atoms with van der Waals surface area (Å²) < 4.78 is 13.4. The van der Waals surface area contributed by atoms with E-state index in [0.717, 1.165) is 12.5 Å². The third-order valence-corrected chi connectivity index (χ3v) is 4.02. The van der Waals surface area contributed by atoms with E-state index in [4.69, 9.17) is 11.6 Å². The molecule has 6 nitrogen and oxygen atoms in total. The van der Waals surface area contributed by atoms with Crippen molar-refractivity contribution in [3.05, 3.63) is 33.1 Å². The highest BCUT2D eigenvalue weighted by Gasteiger charge is 2.41. The quantitative estimate of drug-likeness (QED) is 0.654. The number of nitrogens with zero attached hydrogens (tertiary/aromatic N) is 1. The van der Waals surface area contributed by atoms with Crippen LogP contribution >= 0.6 is 11.6 Å². The Morgan fingerprint density at radius 3 is 2.52 bits per heavy atom. The molecule has 1 aromatic rings. The van der Waals surface area contributed by atoms with Crippen LogP contribution in [-0.4, -0.2) is 21.5 Å². The van der Waals surface area contributed by atoms with Crippen molar-refractivity contribution in [2.45, 2.75) is 37.6 Å². The largest absolute Gasteiger partial charge is 0.480 e. The highest BCUT2D eigenvalue weighted by atomic mass is 35.5. The summed E-state index contributed by atoms with van der Waals surface area (Å²) in [5.74, 6) is -1.99. The minimum atomic E-state index is -1.27. The van der Waals surface area contributed by atoms with Crippen molar-refractivity contribution in [1.29, 1.82) is 0 Å². The number of nitrogens with one attached hydrogen (secondary N) is 1. The molecule has 1 aliphatic rings. The zero-order valence-corrected chi connectivity index (χ0v) is 11.8. The van der Waals surface area contributed by atoms with Crippen LogP contribution < -0.4 is 5.32 Å². The fraction of sp³-hybridized carbons (Fsp3) is 0.462. The number of hydrogen-bond donors (Lipinski definition) is 2. The molecule has 0 unspecified atom stereocenters. The molecule has 0 aliphatic heterocycles. The van der Waals surface area contributed by atoms with E-state index in [9.17, 15) is 24.4 Å². The first-order chi connectivity index (χ1) is 9.85. The molecular weight excluding hydrogens is 303 g/mol. The van der Waals surface area contributed by atoms with E-state index in [2.05, 4.69) is 5.32 Å². The predicted octanol–water partition coefficient (Wildman–Crippen LogP) is 3.59. The van der Waals surface area contributed by atoms with Crippen LogP contribution in [0, 0.1) is 15.9 Å². The second-order valence-electron chi connectivity index (χ2n) is 5.11. The lowest BCUT2D eigenvalue weighted by Crippen LogP contribution is -2.48. The Morgan fingerprint density at radius 2 is 2.00 bits per heavy atom. The second-order valence-corrected chi connectivity index (χ2v) is 5.52. The average molecular weight is 317 g/mol. The van der Waals surface area contributed by atoms with Gasteiger partial charge in [-0.2, -0.15) is 0 Å². The second kappa shape index (κ2) is 5.85. The van der Waals surface area contributed by atoms with E-state index in [-0.39, 0.29) is 10.7 Å². The van der Waals surface area contributed by atoms with E-state index in [1.54, 1.807) is 0 Å². The predicted molar refractivity (Wildman–Crippen MR) is 75.1 cm³/mol. The third kappa shape index (κ3) is 3.07. The van der Waals surface area contributed by atoms with Crippen LogP contribution in [0.5, 0.6) is 0 Å². The SMILES string of the molecule is O=C(O)C1(Nc2cc(Cl)c(F)cc2[N+](=O)[O-])CCCCC1. The van der Waals surface area contributed by atoms with Crippen LogP contribution in [0.25, 0.3) is 0 Å². The smallest absolute Gasteiger partial charge is 0.329 e. The van der Waals surface area contributed by atoms with E-state index in [0.29, 0.717) is 31.7 Å². The number of hydrogen-bond acceptors (Lipinski definition) is 4. The summed E-state index contributed by atoms with van der Waals surface area (Å²) >= 11 is 5.65. The molecule has 114 valence electrons. The van der Waals surface area contributed by atoms with Crippen LogP contribution in [0.15, 0.2) is 12.1 Å². The lowest BCUT2D eigenvalue weighted by atomic mass is 9.81.